The van der Waals surface area contributed by atoms with E-state index in [9.17, 15) is 18.8 Å². The molecule has 0 aromatic heterocycles. The van der Waals surface area contributed by atoms with Crippen LogP contribution in [0.5, 0.6) is 0 Å². The molecule has 0 aromatic carbocycles. The third kappa shape index (κ3) is 4.47. The summed E-state index contributed by atoms with van der Waals surface area (Å²) in [6.07, 6.45) is -5.89. The van der Waals surface area contributed by atoms with Crippen molar-refractivity contribution in [2.75, 3.05) is 6.61 Å². The zero-order valence-electron chi connectivity index (χ0n) is 10.8. The van der Waals surface area contributed by atoms with Gasteiger partial charge in [0.15, 0.2) is 18.4 Å². The molecule has 0 aromatic rings. The standard InChI is InChI=1S/C11H15FO7/c1-5(13)17-8-4-16-11(19-7(3)15)10(9(8)12)18-6(2)14/h8-11H,4H2,1-3H3. The van der Waals surface area contributed by atoms with Crippen molar-refractivity contribution in [3.05, 3.63) is 0 Å². The smallest absolute Gasteiger partial charge is 0.305 e. The molecule has 0 spiro atoms. The van der Waals surface area contributed by atoms with Crippen LogP contribution in [-0.2, 0) is 33.3 Å². The zero-order valence-corrected chi connectivity index (χ0v) is 10.8. The molecule has 0 amide bonds. The number of ether oxygens (including phenoxy) is 4. The average Bonchev–Trinajstić information content (AvgIpc) is 2.26. The lowest BCUT2D eigenvalue weighted by Crippen LogP contribution is -2.55. The minimum Gasteiger partial charge on any atom is -0.457 e. The summed E-state index contributed by atoms with van der Waals surface area (Å²) in [7, 11) is 0. The lowest BCUT2D eigenvalue weighted by atomic mass is 10.1. The van der Waals surface area contributed by atoms with Crippen LogP contribution >= 0.6 is 0 Å². The largest absolute Gasteiger partial charge is 0.457 e. The van der Waals surface area contributed by atoms with Gasteiger partial charge in [-0.05, 0) is 0 Å². The van der Waals surface area contributed by atoms with Gasteiger partial charge >= 0.3 is 17.9 Å². The third-order valence-electron chi connectivity index (χ3n) is 2.26. The third-order valence-corrected chi connectivity index (χ3v) is 2.26. The molecular weight excluding hydrogens is 263 g/mol. The molecule has 1 heterocycles. The topological polar surface area (TPSA) is 88.1 Å². The maximum atomic E-state index is 14.1. The Hall–Kier alpha value is -1.70. The molecule has 0 radical (unpaired) electrons. The molecule has 1 aliphatic rings. The SMILES string of the molecule is CC(=O)OC1COC(OC(C)=O)C(OC(C)=O)C1F. The summed E-state index contributed by atoms with van der Waals surface area (Å²) in [4.78, 5) is 32.6. The van der Waals surface area contributed by atoms with Crippen LogP contribution in [0.1, 0.15) is 20.8 Å². The van der Waals surface area contributed by atoms with Crippen molar-refractivity contribution in [3.63, 3.8) is 0 Å². The van der Waals surface area contributed by atoms with Crippen LogP contribution in [0.4, 0.5) is 4.39 Å². The molecule has 0 N–H and O–H groups in total. The fourth-order valence-electron chi connectivity index (χ4n) is 1.63. The Kier molecular flexibility index (Phi) is 5.22. The number of alkyl halides is 1. The Bertz CT molecular complexity index is 370. The fourth-order valence-corrected chi connectivity index (χ4v) is 1.63. The van der Waals surface area contributed by atoms with Gasteiger partial charge < -0.3 is 18.9 Å². The summed E-state index contributed by atoms with van der Waals surface area (Å²) >= 11 is 0. The molecule has 0 bridgehead atoms. The predicted octanol–water partition coefficient (Wildman–Crippen LogP) is 0.107. The van der Waals surface area contributed by atoms with Gasteiger partial charge in [-0.25, -0.2) is 4.39 Å². The first-order chi connectivity index (χ1) is 8.81. The summed E-state index contributed by atoms with van der Waals surface area (Å²) < 4.78 is 33.3. The van der Waals surface area contributed by atoms with E-state index in [1.807, 2.05) is 0 Å². The predicted molar refractivity (Wildman–Crippen MR) is 57.5 cm³/mol. The van der Waals surface area contributed by atoms with E-state index in [4.69, 9.17) is 18.9 Å². The van der Waals surface area contributed by atoms with Crippen molar-refractivity contribution in [2.45, 2.75) is 45.4 Å². The van der Waals surface area contributed by atoms with Crippen molar-refractivity contribution in [2.24, 2.45) is 0 Å². The summed E-state index contributed by atoms with van der Waals surface area (Å²) in [6, 6.07) is 0. The molecule has 4 unspecified atom stereocenters. The molecular formula is C11H15FO7. The monoisotopic (exact) mass is 278 g/mol. The highest BCUT2D eigenvalue weighted by Gasteiger charge is 2.46. The van der Waals surface area contributed by atoms with Crippen molar-refractivity contribution in [1.82, 2.24) is 0 Å². The number of esters is 3. The van der Waals surface area contributed by atoms with Crippen LogP contribution in [0.2, 0.25) is 0 Å². The van der Waals surface area contributed by atoms with Crippen LogP contribution in [0.3, 0.4) is 0 Å². The number of halogens is 1. The first kappa shape index (κ1) is 15.4. The molecule has 0 aliphatic carbocycles. The van der Waals surface area contributed by atoms with E-state index in [0.29, 0.717) is 0 Å². The quantitative estimate of drug-likeness (QED) is 0.534. The second-order valence-electron chi connectivity index (χ2n) is 3.98. The van der Waals surface area contributed by atoms with E-state index in [1.54, 1.807) is 0 Å². The highest BCUT2D eigenvalue weighted by atomic mass is 19.1. The van der Waals surface area contributed by atoms with Gasteiger partial charge in [0, 0.05) is 20.8 Å². The van der Waals surface area contributed by atoms with E-state index in [1.165, 1.54) is 0 Å². The summed E-state index contributed by atoms with van der Waals surface area (Å²) in [5, 5.41) is 0. The van der Waals surface area contributed by atoms with Gasteiger partial charge in [-0.3, -0.25) is 14.4 Å². The first-order valence-corrected chi connectivity index (χ1v) is 5.58. The maximum Gasteiger partial charge on any atom is 0.305 e. The van der Waals surface area contributed by atoms with Gasteiger partial charge in [0.2, 0.25) is 6.29 Å². The number of carbonyl (C=O) groups is 3. The zero-order chi connectivity index (χ0) is 14.6. The van der Waals surface area contributed by atoms with E-state index in [2.05, 4.69) is 0 Å². The van der Waals surface area contributed by atoms with Crippen molar-refractivity contribution in [3.8, 4) is 0 Å². The lowest BCUT2D eigenvalue weighted by molar-refractivity contribution is -0.260. The highest BCUT2D eigenvalue weighted by Crippen LogP contribution is 2.24. The van der Waals surface area contributed by atoms with Crippen LogP contribution in [0.25, 0.3) is 0 Å². The van der Waals surface area contributed by atoms with Gasteiger partial charge in [0.25, 0.3) is 0 Å². The average molecular weight is 278 g/mol. The number of hydrogen-bond acceptors (Lipinski definition) is 7. The Labute approximate surface area is 108 Å². The lowest BCUT2D eigenvalue weighted by Gasteiger charge is -2.36. The number of hydrogen-bond donors (Lipinski definition) is 0. The second kappa shape index (κ2) is 6.46. The van der Waals surface area contributed by atoms with Crippen LogP contribution < -0.4 is 0 Å². The van der Waals surface area contributed by atoms with Crippen molar-refractivity contribution in [1.29, 1.82) is 0 Å². The molecule has 0 saturated carbocycles. The Balaban J connectivity index is 2.79. The minimum absolute atomic E-state index is 0.295. The van der Waals surface area contributed by atoms with Gasteiger partial charge in [-0.15, -0.1) is 0 Å². The van der Waals surface area contributed by atoms with Gasteiger partial charge in [-0.1, -0.05) is 0 Å². The van der Waals surface area contributed by atoms with Crippen molar-refractivity contribution >= 4 is 17.9 Å². The Morgan fingerprint density at radius 3 is 2.00 bits per heavy atom. The van der Waals surface area contributed by atoms with Crippen LogP contribution in [-0.4, -0.2) is 49.2 Å². The Morgan fingerprint density at radius 2 is 1.53 bits per heavy atom. The van der Waals surface area contributed by atoms with E-state index in [-0.39, 0.29) is 6.61 Å². The summed E-state index contributed by atoms with van der Waals surface area (Å²) in [5.74, 6) is -2.17. The van der Waals surface area contributed by atoms with Gasteiger partial charge in [-0.2, -0.15) is 0 Å². The van der Waals surface area contributed by atoms with Gasteiger partial charge in [0.1, 0.15) is 0 Å². The molecule has 1 aliphatic heterocycles. The second-order valence-corrected chi connectivity index (χ2v) is 3.98. The molecule has 1 fully saturated rings. The Morgan fingerprint density at radius 1 is 1.00 bits per heavy atom. The van der Waals surface area contributed by atoms with Gasteiger partial charge in [0.05, 0.1) is 6.61 Å². The van der Waals surface area contributed by atoms with E-state index >= 15 is 0 Å². The van der Waals surface area contributed by atoms with E-state index in [0.717, 1.165) is 20.8 Å². The molecule has 8 heteroatoms. The molecule has 7 nitrogen and oxygen atoms in total. The minimum atomic E-state index is -1.84. The molecule has 4 atom stereocenters. The normalized spacial score (nSPS) is 30.3. The number of carbonyl (C=O) groups excluding carboxylic acids is 3. The molecule has 1 rings (SSSR count). The summed E-state index contributed by atoms with van der Waals surface area (Å²) in [5.41, 5.74) is 0. The maximum absolute atomic E-state index is 14.1. The van der Waals surface area contributed by atoms with Crippen LogP contribution in [0.15, 0.2) is 0 Å². The van der Waals surface area contributed by atoms with Crippen LogP contribution in [0, 0.1) is 0 Å². The highest BCUT2D eigenvalue weighted by molar-refractivity contribution is 5.67. The summed E-state index contributed by atoms with van der Waals surface area (Å²) in [6.45, 7) is 3.01. The van der Waals surface area contributed by atoms with E-state index < -0.39 is 42.6 Å². The first-order valence-electron chi connectivity index (χ1n) is 5.58. The fraction of sp³-hybridized carbons (Fsp3) is 0.727. The van der Waals surface area contributed by atoms with Crippen molar-refractivity contribution < 1.29 is 37.7 Å². The molecule has 108 valence electrons. The molecule has 19 heavy (non-hydrogen) atoms. The molecule has 1 saturated heterocycles. The number of rotatable bonds is 3.